The molecule has 1 heterocycles. The van der Waals surface area contributed by atoms with Gasteiger partial charge in [0.25, 0.3) is 5.69 Å². The molecule has 1 aliphatic rings. The average Bonchev–Trinajstić information content (AvgIpc) is 3.32. The normalized spacial score (nSPS) is 13.6. The van der Waals surface area contributed by atoms with Gasteiger partial charge in [0, 0.05) is 29.9 Å². The third kappa shape index (κ3) is 2.88. The van der Waals surface area contributed by atoms with Crippen LogP contribution < -0.4 is 4.90 Å². The van der Waals surface area contributed by atoms with Crippen molar-refractivity contribution >= 4 is 11.4 Å². The first-order valence-electron chi connectivity index (χ1n) is 7.38. The fraction of sp³-hybridized carbons (Fsp3) is 0.375. The molecule has 1 aliphatic carbocycles. The average molecular weight is 312 g/mol. The summed E-state index contributed by atoms with van der Waals surface area (Å²) in [7, 11) is 0. The highest BCUT2D eigenvalue weighted by Gasteiger charge is 2.31. The Hall–Kier alpha value is -2.88. The number of anilines is 1. The minimum absolute atomic E-state index is 0.0805. The van der Waals surface area contributed by atoms with E-state index in [9.17, 15) is 15.4 Å². The summed E-state index contributed by atoms with van der Waals surface area (Å²) in [4.78, 5) is 12.6. The third-order valence-corrected chi connectivity index (χ3v) is 4.13. The summed E-state index contributed by atoms with van der Waals surface area (Å²) in [6.07, 6.45) is 2.14. The van der Waals surface area contributed by atoms with Gasteiger partial charge in [0.1, 0.15) is 17.4 Å². The molecular weight excluding hydrogens is 296 g/mol. The zero-order valence-electron chi connectivity index (χ0n) is 12.9. The number of nitro benzene ring substituents is 1. The lowest BCUT2D eigenvalue weighted by molar-refractivity contribution is -0.385. The zero-order valence-corrected chi connectivity index (χ0v) is 12.9. The van der Waals surface area contributed by atoms with Gasteiger partial charge in [-0.1, -0.05) is 5.16 Å². The molecule has 2 aromatic rings. The molecule has 0 saturated heterocycles. The number of hydrogen-bond donors (Lipinski definition) is 0. The van der Waals surface area contributed by atoms with E-state index in [0.717, 1.165) is 35.5 Å². The van der Waals surface area contributed by atoms with Gasteiger partial charge in [-0.25, -0.2) is 0 Å². The van der Waals surface area contributed by atoms with Gasteiger partial charge in [-0.3, -0.25) is 10.1 Å². The molecule has 0 spiro atoms. The number of aromatic nitrogens is 1. The summed E-state index contributed by atoms with van der Waals surface area (Å²) in [6.45, 7) is 4.39. The number of nitriles is 1. The number of benzene rings is 1. The monoisotopic (exact) mass is 312 g/mol. The van der Waals surface area contributed by atoms with E-state index in [2.05, 4.69) is 10.1 Å². The van der Waals surface area contributed by atoms with E-state index in [1.54, 1.807) is 12.1 Å². The van der Waals surface area contributed by atoms with Crippen LogP contribution in [0.1, 0.15) is 35.4 Å². The fourth-order valence-electron chi connectivity index (χ4n) is 2.67. The van der Waals surface area contributed by atoms with Crippen molar-refractivity contribution in [3.63, 3.8) is 0 Å². The van der Waals surface area contributed by atoms with Gasteiger partial charge in [0.2, 0.25) is 0 Å². The molecule has 1 aromatic heterocycles. The summed E-state index contributed by atoms with van der Waals surface area (Å²) < 4.78 is 5.21. The van der Waals surface area contributed by atoms with Crippen molar-refractivity contribution in [3.05, 3.63) is 50.9 Å². The molecule has 0 atom stereocenters. The second-order valence-corrected chi connectivity index (χ2v) is 5.73. The Balaban J connectivity index is 1.96. The van der Waals surface area contributed by atoms with Crippen LogP contribution in [0.5, 0.6) is 0 Å². The van der Waals surface area contributed by atoms with Crippen molar-refractivity contribution in [2.24, 2.45) is 0 Å². The topological polar surface area (TPSA) is 96.2 Å². The van der Waals surface area contributed by atoms with Crippen LogP contribution in [0.3, 0.4) is 0 Å². The maximum atomic E-state index is 11.0. The summed E-state index contributed by atoms with van der Waals surface area (Å²) >= 11 is 0. The summed E-state index contributed by atoms with van der Waals surface area (Å²) in [5, 5.41) is 24.1. The van der Waals surface area contributed by atoms with Crippen LogP contribution in [0.15, 0.2) is 22.7 Å². The molecule has 7 heteroatoms. The molecular formula is C16H16N4O3. The van der Waals surface area contributed by atoms with Gasteiger partial charge < -0.3 is 9.42 Å². The molecule has 1 aromatic carbocycles. The quantitative estimate of drug-likeness (QED) is 0.621. The van der Waals surface area contributed by atoms with Crippen LogP contribution in [-0.2, 0) is 6.54 Å². The van der Waals surface area contributed by atoms with E-state index >= 15 is 0 Å². The van der Waals surface area contributed by atoms with E-state index < -0.39 is 4.92 Å². The molecule has 1 saturated carbocycles. The van der Waals surface area contributed by atoms with Crippen molar-refractivity contribution in [2.45, 2.75) is 39.3 Å². The van der Waals surface area contributed by atoms with Crippen LogP contribution in [0.25, 0.3) is 0 Å². The first-order chi connectivity index (χ1) is 11.0. The smallest absolute Gasteiger partial charge is 0.287 e. The Bertz CT molecular complexity index is 783. The lowest BCUT2D eigenvalue weighted by Gasteiger charge is -2.24. The van der Waals surface area contributed by atoms with Crippen LogP contribution in [0.2, 0.25) is 0 Å². The molecule has 0 unspecified atom stereocenters. The van der Waals surface area contributed by atoms with Crippen LogP contribution in [-0.4, -0.2) is 16.1 Å². The maximum Gasteiger partial charge on any atom is 0.287 e. The Morgan fingerprint density at radius 2 is 2.22 bits per heavy atom. The molecule has 0 radical (unpaired) electrons. The SMILES string of the molecule is Cc1noc(C)c1CN(c1ccc([N+](=O)[O-])c(C#N)c1)C1CC1. The zero-order chi connectivity index (χ0) is 16.6. The Labute approximate surface area is 133 Å². The third-order valence-electron chi connectivity index (χ3n) is 4.13. The van der Waals surface area contributed by atoms with E-state index in [4.69, 9.17) is 4.52 Å². The molecule has 118 valence electrons. The highest BCUT2D eigenvalue weighted by molar-refractivity contribution is 5.61. The highest BCUT2D eigenvalue weighted by Crippen LogP contribution is 2.35. The lowest BCUT2D eigenvalue weighted by atomic mass is 10.1. The summed E-state index contributed by atoms with van der Waals surface area (Å²) in [5.41, 5.74) is 2.60. The van der Waals surface area contributed by atoms with Crippen LogP contribution >= 0.6 is 0 Å². The van der Waals surface area contributed by atoms with Gasteiger partial charge in [-0.2, -0.15) is 5.26 Å². The van der Waals surface area contributed by atoms with Gasteiger partial charge in [-0.15, -0.1) is 0 Å². The molecule has 0 N–H and O–H groups in total. The van der Waals surface area contributed by atoms with Crippen molar-refractivity contribution in [1.29, 1.82) is 5.26 Å². The van der Waals surface area contributed by atoms with E-state index in [1.165, 1.54) is 6.07 Å². The van der Waals surface area contributed by atoms with Gasteiger partial charge in [-0.05, 0) is 38.8 Å². The number of aryl methyl sites for hydroxylation is 2. The van der Waals surface area contributed by atoms with Crippen LogP contribution in [0, 0.1) is 35.3 Å². The number of nitro groups is 1. The predicted octanol–water partition coefficient (Wildman–Crippen LogP) is 3.24. The highest BCUT2D eigenvalue weighted by atomic mass is 16.6. The van der Waals surface area contributed by atoms with Crippen molar-refractivity contribution in [2.75, 3.05) is 4.90 Å². The summed E-state index contributed by atoms with van der Waals surface area (Å²) in [5.74, 6) is 0.774. The van der Waals surface area contributed by atoms with E-state index in [1.807, 2.05) is 19.9 Å². The molecule has 3 rings (SSSR count). The molecule has 0 amide bonds. The van der Waals surface area contributed by atoms with Gasteiger partial charge in [0.05, 0.1) is 10.6 Å². The van der Waals surface area contributed by atoms with Crippen molar-refractivity contribution in [1.82, 2.24) is 5.16 Å². The second-order valence-electron chi connectivity index (χ2n) is 5.73. The minimum Gasteiger partial charge on any atom is -0.364 e. The number of nitrogens with zero attached hydrogens (tertiary/aromatic N) is 4. The molecule has 1 fully saturated rings. The second kappa shape index (κ2) is 5.72. The van der Waals surface area contributed by atoms with Crippen molar-refractivity contribution in [3.8, 4) is 6.07 Å². The van der Waals surface area contributed by atoms with Gasteiger partial charge >= 0.3 is 0 Å². The van der Waals surface area contributed by atoms with Crippen molar-refractivity contribution < 1.29 is 9.45 Å². The fourth-order valence-corrected chi connectivity index (χ4v) is 2.67. The van der Waals surface area contributed by atoms with E-state index in [0.29, 0.717) is 12.6 Å². The van der Waals surface area contributed by atoms with Gasteiger partial charge in [0.15, 0.2) is 0 Å². The Kier molecular flexibility index (Phi) is 3.74. The minimum atomic E-state index is -0.530. The molecule has 7 nitrogen and oxygen atoms in total. The first-order valence-corrected chi connectivity index (χ1v) is 7.38. The van der Waals surface area contributed by atoms with E-state index in [-0.39, 0.29) is 11.3 Å². The number of hydrogen-bond acceptors (Lipinski definition) is 6. The Morgan fingerprint density at radius 3 is 2.74 bits per heavy atom. The predicted molar refractivity (Wildman–Crippen MR) is 83.0 cm³/mol. The first kappa shape index (κ1) is 15.0. The summed E-state index contributed by atoms with van der Waals surface area (Å²) in [6, 6.07) is 6.99. The Morgan fingerprint density at radius 1 is 1.48 bits per heavy atom. The number of rotatable bonds is 5. The standard InChI is InChI=1S/C16H16N4O3/c1-10-15(11(2)23-18-10)9-19(13-3-4-13)14-5-6-16(20(21)22)12(7-14)8-17/h5-7,13H,3-4,9H2,1-2H3. The molecule has 23 heavy (non-hydrogen) atoms. The molecule has 0 bridgehead atoms. The molecule has 0 aliphatic heterocycles. The maximum absolute atomic E-state index is 11.0. The largest absolute Gasteiger partial charge is 0.364 e. The lowest BCUT2D eigenvalue weighted by Crippen LogP contribution is -2.25. The van der Waals surface area contributed by atoms with Crippen LogP contribution in [0.4, 0.5) is 11.4 Å².